The first-order valence-corrected chi connectivity index (χ1v) is 8.04. The van der Waals surface area contributed by atoms with Gasteiger partial charge >= 0.3 is 0 Å². The van der Waals surface area contributed by atoms with Crippen LogP contribution in [0.4, 0.5) is 5.69 Å². The van der Waals surface area contributed by atoms with Gasteiger partial charge in [-0.25, -0.2) is 0 Å². The van der Waals surface area contributed by atoms with Crippen LogP contribution in [0.1, 0.15) is 12.3 Å². The Labute approximate surface area is 149 Å². The molecule has 6 nitrogen and oxygen atoms in total. The Bertz CT molecular complexity index is 845. The van der Waals surface area contributed by atoms with E-state index in [9.17, 15) is 4.79 Å². The number of benzene rings is 2. The average molecular weight is 358 g/mol. The molecule has 0 aliphatic heterocycles. The molecular formula is C18H16ClN3O3. The van der Waals surface area contributed by atoms with Crippen LogP contribution in [-0.4, -0.2) is 23.2 Å². The van der Waals surface area contributed by atoms with Crippen molar-refractivity contribution < 1.29 is 14.1 Å². The van der Waals surface area contributed by atoms with Gasteiger partial charge in [0.15, 0.2) is 0 Å². The number of ether oxygens (including phenoxy) is 1. The third kappa shape index (κ3) is 4.58. The highest BCUT2D eigenvalue weighted by molar-refractivity contribution is 6.30. The molecule has 1 heterocycles. The van der Waals surface area contributed by atoms with E-state index in [2.05, 4.69) is 15.5 Å². The number of rotatable bonds is 6. The van der Waals surface area contributed by atoms with Gasteiger partial charge in [-0.05, 0) is 48.5 Å². The zero-order valence-corrected chi connectivity index (χ0v) is 14.3. The van der Waals surface area contributed by atoms with E-state index in [1.807, 2.05) is 12.1 Å². The number of anilines is 1. The maximum atomic E-state index is 12.0. The number of halogens is 1. The quantitative estimate of drug-likeness (QED) is 0.722. The van der Waals surface area contributed by atoms with Crippen LogP contribution in [-0.2, 0) is 11.2 Å². The van der Waals surface area contributed by atoms with Crippen LogP contribution < -0.4 is 10.1 Å². The Morgan fingerprint density at radius 3 is 2.56 bits per heavy atom. The number of aryl methyl sites for hydroxylation is 1. The summed E-state index contributed by atoms with van der Waals surface area (Å²) in [4.78, 5) is 16.3. The van der Waals surface area contributed by atoms with Crippen molar-refractivity contribution in [3.8, 4) is 17.1 Å². The minimum atomic E-state index is -0.128. The van der Waals surface area contributed by atoms with Gasteiger partial charge in [0.2, 0.25) is 17.6 Å². The standard InChI is InChI=1S/C18H16ClN3O3/c1-24-15-8-6-14(7-9-15)20-16(23)10-11-17-21-18(22-25-17)12-2-4-13(19)5-3-12/h2-9H,10-11H2,1H3,(H,20,23). The smallest absolute Gasteiger partial charge is 0.227 e. The molecular weight excluding hydrogens is 342 g/mol. The van der Waals surface area contributed by atoms with Gasteiger partial charge in [-0.2, -0.15) is 4.98 Å². The molecule has 0 saturated heterocycles. The fourth-order valence-electron chi connectivity index (χ4n) is 2.19. The highest BCUT2D eigenvalue weighted by Crippen LogP contribution is 2.19. The highest BCUT2D eigenvalue weighted by Gasteiger charge is 2.11. The van der Waals surface area contributed by atoms with Crippen molar-refractivity contribution in [1.29, 1.82) is 0 Å². The molecule has 0 radical (unpaired) electrons. The summed E-state index contributed by atoms with van der Waals surface area (Å²) >= 11 is 5.86. The lowest BCUT2D eigenvalue weighted by atomic mass is 10.2. The van der Waals surface area contributed by atoms with Crippen molar-refractivity contribution >= 4 is 23.2 Å². The lowest BCUT2D eigenvalue weighted by molar-refractivity contribution is -0.116. The lowest BCUT2D eigenvalue weighted by Crippen LogP contribution is -2.12. The summed E-state index contributed by atoms with van der Waals surface area (Å²) < 4.78 is 10.3. The molecule has 0 spiro atoms. The number of methoxy groups -OCH3 is 1. The van der Waals surface area contributed by atoms with Crippen molar-refractivity contribution in [2.24, 2.45) is 0 Å². The average Bonchev–Trinajstić information content (AvgIpc) is 3.10. The van der Waals surface area contributed by atoms with Crippen LogP contribution in [0.2, 0.25) is 5.02 Å². The Kier molecular flexibility index (Phi) is 5.30. The van der Waals surface area contributed by atoms with Crippen LogP contribution in [0.5, 0.6) is 5.75 Å². The first-order chi connectivity index (χ1) is 12.1. The van der Waals surface area contributed by atoms with Gasteiger partial charge in [-0.1, -0.05) is 16.8 Å². The molecule has 3 rings (SSSR count). The predicted octanol–water partition coefficient (Wildman–Crippen LogP) is 3.97. The fraction of sp³-hybridized carbons (Fsp3) is 0.167. The van der Waals surface area contributed by atoms with Crippen molar-refractivity contribution in [1.82, 2.24) is 10.1 Å². The third-order valence-corrected chi connectivity index (χ3v) is 3.76. The molecule has 0 unspecified atom stereocenters. The Hall–Kier alpha value is -2.86. The van der Waals surface area contributed by atoms with Crippen molar-refractivity contribution in [2.45, 2.75) is 12.8 Å². The SMILES string of the molecule is COc1ccc(NC(=O)CCc2nc(-c3ccc(Cl)cc3)no2)cc1. The topological polar surface area (TPSA) is 77.2 Å². The molecule has 1 N–H and O–H groups in total. The molecule has 0 bridgehead atoms. The van der Waals surface area contributed by atoms with E-state index in [0.29, 0.717) is 28.8 Å². The summed E-state index contributed by atoms with van der Waals surface area (Å²) in [7, 11) is 1.59. The summed E-state index contributed by atoms with van der Waals surface area (Å²) in [6.07, 6.45) is 0.608. The molecule has 7 heteroatoms. The molecule has 0 aliphatic carbocycles. The maximum absolute atomic E-state index is 12.0. The number of hydrogen-bond donors (Lipinski definition) is 1. The molecule has 128 valence electrons. The molecule has 0 saturated carbocycles. The molecule has 2 aromatic carbocycles. The van der Waals surface area contributed by atoms with Crippen molar-refractivity contribution in [3.05, 3.63) is 59.4 Å². The Morgan fingerprint density at radius 1 is 1.16 bits per heavy atom. The second kappa shape index (κ2) is 7.81. The van der Waals surface area contributed by atoms with Crippen LogP contribution in [0.25, 0.3) is 11.4 Å². The monoisotopic (exact) mass is 357 g/mol. The van der Waals surface area contributed by atoms with E-state index >= 15 is 0 Å². The maximum Gasteiger partial charge on any atom is 0.227 e. The molecule has 0 atom stereocenters. The second-order valence-corrected chi connectivity index (χ2v) is 5.73. The van der Waals surface area contributed by atoms with Gasteiger partial charge < -0.3 is 14.6 Å². The molecule has 1 aromatic heterocycles. The molecule has 0 fully saturated rings. The van der Waals surface area contributed by atoms with E-state index in [-0.39, 0.29) is 12.3 Å². The number of aromatic nitrogens is 2. The normalized spacial score (nSPS) is 10.5. The largest absolute Gasteiger partial charge is 0.497 e. The summed E-state index contributed by atoms with van der Waals surface area (Å²) in [5, 5.41) is 7.37. The number of carbonyl (C=O) groups excluding carboxylic acids is 1. The zero-order chi connectivity index (χ0) is 17.6. The van der Waals surface area contributed by atoms with E-state index in [1.165, 1.54) is 0 Å². The highest BCUT2D eigenvalue weighted by atomic mass is 35.5. The summed E-state index contributed by atoms with van der Waals surface area (Å²) in [5.41, 5.74) is 1.51. The van der Waals surface area contributed by atoms with Crippen LogP contribution in [0, 0.1) is 0 Å². The van der Waals surface area contributed by atoms with Gasteiger partial charge in [0.25, 0.3) is 0 Å². The van der Waals surface area contributed by atoms with Gasteiger partial charge in [-0.15, -0.1) is 0 Å². The van der Waals surface area contributed by atoms with E-state index < -0.39 is 0 Å². The van der Waals surface area contributed by atoms with Gasteiger partial charge in [0, 0.05) is 29.1 Å². The fourth-order valence-corrected chi connectivity index (χ4v) is 2.32. The minimum Gasteiger partial charge on any atom is -0.497 e. The summed E-state index contributed by atoms with van der Waals surface area (Å²) in [5.74, 6) is 1.49. The van der Waals surface area contributed by atoms with E-state index in [4.69, 9.17) is 20.9 Å². The molecule has 3 aromatic rings. The van der Waals surface area contributed by atoms with Crippen LogP contribution in [0.15, 0.2) is 53.1 Å². The Morgan fingerprint density at radius 2 is 1.88 bits per heavy atom. The van der Waals surface area contributed by atoms with Gasteiger partial charge in [-0.3, -0.25) is 4.79 Å². The summed E-state index contributed by atoms with van der Waals surface area (Å²) in [6.45, 7) is 0. The second-order valence-electron chi connectivity index (χ2n) is 5.30. The molecule has 1 amide bonds. The van der Waals surface area contributed by atoms with Gasteiger partial charge in [0.05, 0.1) is 7.11 Å². The lowest BCUT2D eigenvalue weighted by Gasteiger charge is -2.05. The Balaban J connectivity index is 1.54. The van der Waals surface area contributed by atoms with Crippen LogP contribution in [0.3, 0.4) is 0 Å². The number of hydrogen-bond acceptors (Lipinski definition) is 5. The van der Waals surface area contributed by atoms with Crippen molar-refractivity contribution in [3.63, 3.8) is 0 Å². The minimum absolute atomic E-state index is 0.128. The number of nitrogens with one attached hydrogen (secondary N) is 1. The first kappa shape index (κ1) is 17.0. The van der Waals surface area contributed by atoms with Gasteiger partial charge in [0.1, 0.15) is 5.75 Å². The van der Waals surface area contributed by atoms with Crippen molar-refractivity contribution in [2.75, 3.05) is 12.4 Å². The first-order valence-electron chi connectivity index (χ1n) is 7.66. The number of carbonyl (C=O) groups is 1. The van der Waals surface area contributed by atoms with E-state index in [1.54, 1.807) is 43.5 Å². The number of nitrogens with zero attached hydrogens (tertiary/aromatic N) is 2. The predicted molar refractivity (Wildman–Crippen MR) is 94.7 cm³/mol. The number of amides is 1. The van der Waals surface area contributed by atoms with Crippen LogP contribution >= 0.6 is 11.6 Å². The third-order valence-electron chi connectivity index (χ3n) is 3.51. The zero-order valence-electron chi connectivity index (χ0n) is 13.5. The molecule has 25 heavy (non-hydrogen) atoms. The van der Waals surface area contributed by atoms with E-state index in [0.717, 1.165) is 11.3 Å². The molecule has 0 aliphatic rings. The summed E-state index contributed by atoms with van der Waals surface area (Å²) in [6, 6.07) is 14.3.